The van der Waals surface area contributed by atoms with Gasteiger partial charge in [-0.2, -0.15) is 0 Å². The lowest BCUT2D eigenvalue weighted by molar-refractivity contribution is -0.141. The Morgan fingerprint density at radius 2 is 1.16 bits per heavy atom. The summed E-state index contributed by atoms with van der Waals surface area (Å²) in [6, 6.07) is -0.135. The molecule has 1 aliphatic heterocycles. The number of nitrogens with zero attached hydrogens (tertiary/aromatic N) is 4. The van der Waals surface area contributed by atoms with E-state index in [4.69, 9.17) is 0 Å². The quantitative estimate of drug-likeness (QED) is 0.389. The normalized spacial score (nSPS) is 21.1. The maximum atomic E-state index is 11.9. The molecule has 1 atom stereocenters. The lowest BCUT2D eigenvalue weighted by Crippen LogP contribution is -2.53. The van der Waals surface area contributed by atoms with E-state index in [9.17, 15) is 34.5 Å². The number of hydrogen-bond donors (Lipinski definition) is 3. The third-order valence-corrected chi connectivity index (χ3v) is 5.40. The molecule has 1 aliphatic rings. The van der Waals surface area contributed by atoms with Gasteiger partial charge in [-0.05, 0) is 19.3 Å². The van der Waals surface area contributed by atoms with E-state index in [1.165, 1.54) is 6.92 Å². The molecule has 0 aromatic rings. The van der Waals surface area contributed by atoms with Gasteiger partial charge in [-0.15, -0.1) is 0 Å². The Hall–Kier alpha value is -2.08. The van der Waals surface area contributed by atoms with E-state index < -0.39 is 17.9 Å². The summed E-state index contributed by atoms with van der Waals surface area (Å²) in [6.07, 6.45) is 0.722. The van der Waals surface area contributed by atoms with Gasteiger partial charge in [0.15, 0.2) is 0 Å². The van der Waals surface area contributed by atoms with Crippen molar-refractivity contribution in [2.75, 3.05) is 72.0 Å². The molecule has 0 amide bonds. The van der Waals surface area contributed by atoms with E-state index in [-0.39, 0.29) is 38.0 Å². The van der Waals surface area contributed by atoms with E-state index in [2.05, 4.69) is 13.8 Å². The van der Waals surface area contributed by atoms with Gasteiger partial charge in [-0.3, -0.25) is 38.8 Å². The van der Waals surface area contributed by atoms with Gasteiger partial charge in [-0.1, -0.05) is 13.8 Å². The zero-order chi connectivity index (χ0) is 24.3. The lowest BCUT2D eigenvalue weighted by atomic mass is 10.0. The highest BCUT2D eigenvalue weighted by Gasteiger charge is 2.27. The first-order valence-electron chi connectivity index (χ1n) is 11.0. The molecule has 0 aliphatic carbocycles. The van der Waals surface area contributed by atoms with Crippen molar-refractivity contribution in [3.05, 3.63) is 0 Å². The molecule has 11 heteroatoms. The standard InChI is InChI=1S/C21H38N4O7/c1-16(2)10-18-12-24(11-17(3)26)7-6-22(13-19(27)28)4-5-23(14-20(29)30)8-9-25(18)15-21(31)32/h16,18H,4-15H2,1-3H3,(H,27,28)(H,29,30)(H,31,32). The van der Waals surface area contributed by atoms with Crippen molar-refractivity contribution in [1.82, 2.24) is 19.6 Å². The van der Waals surface area contributed by atoms with Crippen LogP contribution in [0.25, 0.3) is 0 Å². The first-order chi connectivity index (χ1) is 15.0. The Kier molecular flexibility index (Phi) is 12.4. The molecule has 11 nitrogen and oxygen atoms in total. The number of ketones is 1. The van der Waals surface area contributed by atoms with Crippen molar-refractivity contribution in [3.8, 4) is 0 Å². The number of hydrogen-bond acceptors (Lipinski definition) is 8. The average molecular weight is 459 g/mol. The third kappa shape index (κ3) is 12.1. The number of Topliss-reactive ketones (excluding diaryl/α,β-unsaturated/α-hetero) is 1. The van der Waals surface area contributed by atoms with Gasteiger partial charge < -0.3 is 15.3 Å². The Morgan fingerprint density at radius 1 is 0.719 bits per heavy atom. The minimum atomic E-state index is -0.988. The smallest absolute Gasteiger partial charge is 0.317 e. The SMILES string of the molecule is CC(=O)CN1CCN(CC(=O)O)CCN(CC(=O)O)CCN(CC(=O)O)C(CC(C)C)C1. The van der Waals surface area contributed by atoms with E-state index in [1.807, 2.05) is 9.80 Å². The summed E-state index contributed by atoms with van der Waals surface area (Å²) in [5, 5.41) is 28.0. The predicted octanol–water partition coefficient (Wildman–Crippen LogP) is -0.534. The lowest BCUT2D eigenvalue weighted by Gasteiger charge is -2.38. The van der Waals surface area contributed by atoms with Crippen molar-refractivity contribution in [2.24, 2.45) is 5.92 Å². The van der Waals surface area contributed by atoms with Crippen LogP contribution in [0.5, 0.6) is 0 Å². The molecule has 0 radical (unpaired) electrons. The van der Waals surface area contributed by atoms with Gasteiger partial charge >= 0.3 is 17.9 Å². The molecule has 1 rings (SSSR count). The highest BCUT2D eigenvalue weighted by Crippen LogP contribution is 2.15. The van der Waals surface area contributed by atoms with Gasteiger partial charge in [0.05, 0.1) is 26.2 Å². The van der Waals surface area contributed by atoms with Crippen molar-refractivity contribution in [3.63, 3.8) is 0 Å². The molecule has 3 N–H and O–H groups in total. The third-order valence-electron chi connectivity index (χ3n) is 5.40. The fraction of sp³-hybridized carbons (Fsp3) is 0.810. The molecule has 32 heavy (non-hydrogen) atoms. The van der Waals surface area contributed by atoms with Crippen LogP contribution < -0.4 is 0 Å². The van der Waals surface area contributed by atoms with Crippen LogP contribution >= 0.6 is 0 Å². The Bertz CT molecular complexity index is 644. The van der Waals surface area contributed by atoms with Crippen LogP contribution in [0.2, 0.25) is 0 Å². The molecular weight excluding hydrogens is 420 g/mol. The van der Waals surface area contributed by atoms with E-state index in [0.717, 1.165) is 6.42 Å². The van der Waals surface area contributed by atoms with Crippen LogP contribution in [-0.2, 0) is 19.2 Å². The highest BCUT2D eigenvalue weighted by molar-refractivity contribution is 5.77. The predicted molar refractivity (Wildman–Crippen MR) is 118 cm³/mol. The zero-order valence-corrected chi connectivity index (χ0v) is 19.4. The van der Waals surface area contributed by atoms with Crippen LogP contribution in [0.15, 0.2) is 0 Å². The van der Waals surface area contributed by atoms with Crippen LogP contribution in [0, 0.1) is 5.92 Å². The number of aliphatic carboxylic acids is 3. The monoisotopic (exact) mass is 458 g/mol. The molecule has 1 unspecified atom stereocenters. The van der Waals surface area contributed by atoms with Gasteiger partial charge in [-0.25, -0.2) is 0 Å². The van der Waals surface area contributed by atoms with E-state index in [0.29, 0.717) is 51.7 Å². The minimum Gasteiger partial charge on any atom is -0.480 e. The van der Waals surface area contributed by atoms with E-state index in [1.54, 1.807) is 9.80 Å². The maximum absolute atomic E-state index is 11.9. The topological polar surface area (TPSA) is 142 Å². The second kappa shape index (κ2) is 14.1. The van der Waals surface area contributed by atoms with Crippen molar-refractivity contribution >= 4 is 23.7 Å². The second-order valence-electron chi connectivity index (χ2n) is 8.92. The van der Waals surface area contributed by atoms with Crippen LogP contribution in [0.4, 0.5) is 0 Å². The van der Waals surface area contributed by atoms with Crippen molar-refractivity contribution in [2.45, 2.75) is 33.2 Å². The van der Waals surface area contributed by atoms with Crippen molar-refractivity contribution in [1.29, 1.82) is 0 Å². The molecule has 0 aromatic heterocycles. The van der Waals surface area contributed by atoms with Gasteiger partial charge in [0.1, 0.15) is 5.78 Å². The Balaban J connectivity index is 3.20. The van der Waals surface area contributed by atoms with Gasteiger partial charge in [0.2, 0.25) is 0 Å². The first kappa shape index (κ1) is 28.0. The summed E-state index contributed by atoms with van der Waals surface area (Å²) in [5.74, 6) is -2.63. The molecule has 0 aromatic carbocycles. The highest BCUT2D eigenvalue weighted by atomic mass is 16.4. The summed E-state index contributed by atoms with van der Waals surface area (Å²) in [7, 11) is 0. The maximum Gasteiger partial charge on any atom is 0.317 e. The largest absolute Gasteiger partial charge is 0.480 e. The molecule has 1 saturated heterocycles. The molecule has 0 saturated carbocycles. The molecule has 0 bridgehead atoms. The fourth-order valence-electron chi connectivity index (χ4n) is 4.05. The fourth-order valence-corrected chi connectivity index (χ4v) is 4.05. The average Bonchev–Trinajstić information content (AvgIpc) is 2.63. The number of carboxylic acid groups (broad SMARTS) is 3. The van der Waals surface area contributed by atoms with E-state index >= 15 is 0 Å². The van der Waals surface area contributed by atoms with Gasteiger partial charge in [0, 0.05) is 51.9 Å². The summed E-state index contributed by atoms with van der Waals surface area (Å²) in [4.78, 5) is 53.3. The summed E-state index contributed by atoms with van der Waals surface area (Å²) in [5.41, 5.74) is 0. The summed E-state index contributed by atoms with van der Waals surface area (Å²) in [6.45, 7) is 8.05. The summed E-state index contributed by atoms with van der Waals surface area (Å²) >= 11 is 0. The number of carbonyl (C=O) groups excluding carboxylic acids is 1. The number of carbonyl (C=O) groups is 4. The minimum absolute atomic E-state index is 0.0115. The number of carboxylic acids is 3. The molecule has 1 fully saturated rings. The second-order valence-corrected chi connectivity index (χ2v) is 8.92. The van der Waals surface area contributed by atoms with Crippen LogP contribution in [0.1, 0.15) is 27.2 Å². The molecule has 0 spiro atoms. The Labute approximate surface area is 189 Å². The number of rotatable bonds is 10. The van der Waals surface area contributed by atoms with Crippen LogP contribution in [0.3, 0.4) is 0 Å². The molecule has 1 heterocycles. The first-order valence-corrected chi connectivity index (χ1v) is 11.0. The van der Waals surface area contributed by atoms with Gasteiger partial charge in [0.25, 0.3) is 0 Å². The molecular formula is C21H38N4O7. The molecule has 184 valence electrons. The van der Waals surface area contributed by atoms with Crippen molar-refractivity contribution < 1.29 is 34.5 Å². The Morgan fingerprint density at radius 3 is 1.56 bits per heavy atom. The van der Waals surface area contributed by atoms with Crippen LogP contribution in [-0.4, -0.2) is 137 Å². The summed E-state index contributed by atoms with van der Waals surface area (Å²) < 4.78 is 0. The zero-order valence-electron chi connectivity index (χ0n) is 19.4.